The lowest BCUT2D eigenvalue weighted by Crippen LogP contribution is -2.37. The average Bonchev–Trinajstić information content (AvgIpc) is 3.14. The molecule has 1 fully saturated rings. The lowest BCUT2D eigenvalue weighted by molar-refractivity contribution is -0.139. The van der Waals surface area contributed by atoms with E-state index in [1.54, 1.807) is 21.7 Å². The smallest absolute Gasteiger partial charge is 0.305 e. The van der Waals surface area contributed by atoms with Crippen LogP contribution in [0.3, 0.4) is 0 Å². The lowest BCUT2D eigenvalue weighted by Gasteiger charge is -2.23. The zero-order valence-electron chi connectivity index (χ0n) is 14.9. The van der Waals surface area contributed by atoms with E-state index < -0.39 is 5.97 Å². The van der Waals surface area contributed by atoms with Gasteiger partial charge in [-0.2, -0.15) is 5.10 Å². The molecule has 1 amide bonds. The quantitative estimate of drug-likeness (QED) is 0.890. The zero-order valence-corrected chi connectivity index (χ0v) is 14.9. The Hall–Kier alpha value is -2.70. The predicted molar refractivity (Wildman–Crippen MR) is 93.7 cm³/mol. The van der Waals surface area contributed by atoms with Crippen LogP contribution in [0.1, 0.15) is 36.2 Å². The molecule has 138 valence electrons. The number of aliphatic carboxylic acids is 1. The summed E-state index contributed by atoms with van der Waals surface area (Å²) in [4.78, 5) is 25.4. The molecule has 1 unspecified atom stereocenters. The average molecular weight is 359 g/mol. The van der Waals surface area contributed by atoms with Crippen molar-refractivity contribution in [2.45, 2.75) is 45.6 Å². The molecule has 2 aromatic rings. The Morgan fingerprint density at radius 1 is 1.27 bits per heavy atom. The Balaban J connectivity index is 1.81. The van der Waals surface area contributed by atoms with Crippen LogP contribution in [0.5, 0.6) is 0 Å². The fraction of sp³-hybridized carbons (Fsp3) is 0.421. The summed E-state index contributed by atoms with van der Waals surface area (Å²) < 4.78 is 14.8. The number of amides is 1. The summed E-state index contributed by atoms with van der Waals surface area (Å²) in [6, 6.07) is 5.80. The van der Waals surface area contributed by atoms with Gasteiger partial charge in [0.2, 0.25) is 5.91 Å². The zero-order chi connectivity index (χ0) is 18.8. The van der Waals surface area contributed by atoms with Crippen molar-refractivity contribution in [2.75, 3.05) is 6.54 Å². The number of carbonyl (C=O) groups excluding carboxylic acids is 1. The Labute approximate surface area is 151 Å². The SMILES string of the molecule is Cc1nn(-c2ccc(F)cc2)c(C)c1CC(=O)N1CCCC1CC(=O)O. The van der Waals surface area contributed by atoms with Gasteiger partial charge in [0.1, 0.15) is 5.82 Å². The van der Waals surface area contributed by atoms with Crippen LogP contribution in [0.4, 0.5) is 4.39 Å². The molecule has 0 saturated carbocycles. The van der Waals surface area contributed by atoms with Crippen LogP contribution in [0.15, 0.2) is 24.3 Å². The fourth-order valence-corrected chi connectivity index (χ4v) is 3.60. The minimum atomic E-state index is -0.883. The number of hydrogen-bond donors (Lipinski definition) is 1. The Morgan fingerprint density at radius 2 is 1.96 bits per heavy atom. The van der Waals surface area contributed by atoms with Crippen molar-refractivity contribution in [3.8, 4) is 5.69 Å². The molecule has 1 saturated heterocycles. The molecule has 1 aliphatic heterocycles. The van der Waals surface area contributed by atoms with E-state index in [9.17, 15) is 14.0 Å². The van der Waals surface area contributed by atoms with Crippen LogP contribution < -0.4 is 0 Å². The third-order valence-corrected chi connectivity index (χ3v) is 4.95. The molecule has 6 nitrogen and oxygen atoms in total. The van der Waals surface area contributed by atoms with Crippen molar-refractivity contribution < 1.29 is 19.1 Å². The standard InChI is InChI=1S/C19H22FN3O3/c1-12-17(11-18(24)22-9-3-4-16(22)10-19(25)26)13(2)23(21-12)15-7-5-14(20)6-8-15/h5-8,16H,3-4,9-11H2,1-2H3,(H,25,26). The Kier molecular flexibility index (Phi) is 5.06. The van der Waals surface area contributed by atoms with Crippen molar-refractivity contribution in [1.82, 2.24) is 14.7 Å². The lowest BCUT2D eigenvalue weighted by atomic mass is 10.1. The van der Waals surface area contributed by atoms with Crippen molar-refractivity contribution in [2.24, 2.45) is 0 Å². The minimum absolute atomic E-state index is 0.0153. The maximum absolute atomic E-state index is 13.1. The second kappa shape index (κ2) is 7.27. The van der Waals surface area contributed by atoms with E-state index >= 15 is 0 Å². The highest BCUT2D eigenvalue weighted by molar-refractivity contribution is 5.80. The van der Waals surface area contributed by atoms with Gasteiger partial charge in [-0.25, -0.2) is 9.07 Å². The topological polar surface area (TPSA) is 75.4 Å². The summed E-state index contributed by atoms with van der Waals surface area (Å²) in [5.41, 5.74) is 3.14. The van der Waals surface area contributed by atoms with E-state index in [-0.39, 0.29) is 30.6 Å². The van der Waals surface area contributed by atoms with E-state index in [2.05, 4.69) is 5.10 Å². The first kappa shape index (κ1) is 18.1. The number of halogens is 1. The molecular formula is C19H22FN3O3. The molecule has 0 radical (unpaired) electrons. The van der Waals surface area contributed by atoms with Gasteiger partial charge in [-0.05, 0) is 51.0 Å². The summed E-state index contributed by atoms with van der Waals surface area (Å²) in [5.74, 6) is -1.27. The van der Waals surface area contributed by atoms with Gasteiger partial charge in [-0.1, -0.05) is 0 Å². The maximum atomic E-state index is 13.1. The molecule has 1 N–H and O–H groups in total. The van der Waals surface area contributed by atoms with Crippen LogP contribution >= 0.6 is 0 Å². The van der Waals surface area contributed by atoms with Gasteiger partial charge in [0, 0.05) is 23.8 Å². The Morgan fingerprint density at radius 3 is 2.62 bits per heavy atom. The number of rotatable bonds is 5. The summed E-state index contributed by atoms with van der Waals surface area (Å²) in [5, 5.41) is 13.5. The highest BCUT2D eigenvalue weighted by atomic mass is 19.1. The molecule has 2 heterocycles. The summed E-state index contributed by atoms with van der Waals surface area (Å²) >= 11 is 0. The third kappa shape index (κ3) is 3.61. The van der Waals surface area contributed by atoms with Crippen molar-refractivity contribution in [1.29, 1.82) is 0 Å². The third-order valence-electron chi connectivity index (χ3n) is 4.95. The molecule has 0 aliphatic carbocycles. The van der Waals surface area contributed by atoms with Gasteiger partial charge in [0.05, 0.1) is 24.2 Å². The molecule has 26 heavy (non-hydrogen) atoms. The number of nitrogens with zero attached hydrogens (tertiary/aromatic N) is 3. The summed E-state index contributed by atoms with van der Waals surface area (Å²) in [6.07, 6.45) is 1.73. The van der Waals surface area contributed by atoms with E-state index in [1.807, 2.05) is 13.8 Å². The summed E-state index contributed by atoms with van der Waals surface area (Å²) in [6.45, 7) is 4.32. The first-order valence-electron chi connectivity index (χ1n) is 8.69. The normalized spacial score (nSPS) is 16.9. The van der Waals surface area contributed by atoms with Crippen molar-refractivity contribution in [3.63, 3.8) is 0 Å². The van der Waals surface area contributed by atoms with Crippen molar-refractivity contribution >= 4 is 11.9 Å². The number of benzene rings is 1. The van der Waals surface area contributed by atoms with Gasteiger partial charge in [-0.3, -0.25) is 9.59 Å². The number of likely N-dealkylation sites (tertiary alicyclic amines) is 1. The molecule has 0 spiro atoms. The molecule has 1 atom stereocenters. The van der Waals surface area contributed by atoms with Crippen LogP contribution in [0.25, 0.3) is 5.69 Å². The molecule has 0 bridgehead atoms. The maximum Gasteiger partial charge on any atom is 0.305 e. The number of carbonyl (C=O) groups is 2. The largest absolute Gasteiger partial charge is 0.481 e. The highest BCUT2D eigenvalue weighted by Gasteiger charge is 2.31. The second-order valence-corrected chi connectivity index (χ2v) is 6.70. The molecule has 3 rings (SSSR count). The van der Waals surface area contributed by atoms with Gasteiger partial charge in [-0.15, -0.1) is 0 Å². The number of carboxylic acids is 1. The predicted octanol–water partition coefficient (Wildman–Crippen LogP) is 2.64. The monoisotopic (exact) mass is 359 g/mol. The highest BCUT2D eigenvalue weighted by Crippen LogP contribution is 2.24. The molecule has 7 heteroatoms. The van der Waals surface area contributed by atoms with Crippen molar-refractivity contribution in [3.05, 3.63) is 47.0 Å². The molecule has 1 aromatic carbocycles. The van der Waals surface area contributed by atoms with E-state index in [0.29, 0.717) is 6.54 Å². The number of carboxylic acid groups (broad SMARTS) is 1. The van der Waals surface area contributed by atoms with Crippen LogP contribution in [-0.4, -0.2) is 44.3 Å². The first-order chi connectivity index (χ1) is 12.4. The van der Waals surface area contributed by atoms with Gasteiger partial charge in [0.25, 0.3) is 0 Å². The Bertz CT molecular complexity index is 829. The minimum Gasteiger partial charge on any atom is -0.481 e. The summed E-state index contributed by atoms with van der Waals surface area (Å²) in [7, 11) is 0. The van der Waals surface area contributed by atoms with Gasteiger partial charge < -0.3 is 10.0 Å². The van der Waals surface area contributed by atoms with E-state index in [4.69, 9.17) is 5.11 Å². The van der Waals surface area contributed by atoms with Gasteiger partial charge >= 0.3 is 5.97 Å². The number of aromatic nitrogens is 2. The van der Waals surface area contributed by atoms with E-state index in [1.165, 1.54) is 12.1 Å². The van der Waals surface area contributed by atoms with Gasteiger partial charge in [0.15, 0.2) is 0 Å². The van der Waals surface area contributed by atoms with Crippen LogP contribution in [0, 0.1) is 19.7 Å². The van der Waals surface area contributed by atoms with Crippen LogP contribution in [-0.2, 0) is 16.0 Å². The molecule has 1 aliphatic rings. The first-order valence-corrected chi connectivity index (χ1v) is 8.69. The number of aryl methyl sites for hydroxylation is 1. The fourth-order valence-electron chi connectivity index (χ4n) is 3.60. The van der Waals surface area contributed by atoms with E-state index in [0.717, 1.165) is 35.5 Å². The molecule has 1 aromatic heterocycles. The number of hydrogen-bond acceptors (Lipinski definition) is 3. The molecular weight excluding hydrogens is 337 g/mol. The second-order valence-electron chi connectivity index (χ2n) is 6.70. The van der Waals surface area contributed by atoms with Crippen LogP contribution in [0.2, 0.25) is 0 Å².